The number of fused-ring (bicyclic) bond motifs is 1. The van der Waals surface area contributed by atoms with Crippen molar-refractivity contribution < 1.29 is 18.0 Å². The maximum atomic E-state index is 13.8. The van der Waals surface area contributed by atoms with E-state index in [2.05, 4.69) is 15.0 Å². The van der Waals surface area contributed by atoms with Crippen molar-refractivity contribution in [3.8, 4) is 16.8 Å². The van der Waals surface area contributed by atoms with E-state index in [-0.39, 0.29) is 21.7 Å². The molecule has 4 aromatic rings. The topological polar surface area (TPSA) is 112 Å². The first kappa shape index (κ1) is 24.0. The highest BCUT2D eigenvalue weighted by molar-refractivity contribution is 6.34. The van der Waals surface area contributed by atoms with Crippen LogP contribution in [-0.4, -0.2) is 33.7 Å². The molecule has 0 radical (unpaired) electrons. The summed E-state index contributed by atoms with van der Waals surface area (Å²) >= 11 is 6.18. The highest BCUT2D eigenvalue weighted by Crippen LogP contribution is 2.38. The van der Waals surface area contributed by atoms with Gasteiger partial charge in [-0.3, -0.25) is 9.79 Å². The lowest BCUT2D eigenvalue weighted by atomic mass is 9.98. The lowest BCUT2D eigenvalue weighted by Crippen LogP contribution is -2.11. The molecule has 2 aromatic heterocycles. The fraction of sp³-hybridized carbons (Fsp3) is 0.0833. The van der Waals surface area contributed by atoms with Crippen LogP contribution in [0, 0.1) is 0 Å². The van der Waals surface area contributed by atoms with Crippen LogP contribution in [0.25, 0.3) is 33.3 Å². The number of amides is 1. The van der Waals surface area contributed by atoms with E-state index >= 15 is 0 Å². The van der Waals surface area contributed by atoms with E-state index in [1.807, 2.05) is 0 Å². The summed E-state index contributed by atoms with van der Waals surface area (Å²) in [6.07, 6.45) is 1.22. The van der Waals surface area contributed by atoms with E-state index in [4.69, 9.17) is 23.1 Å². The third-order valence-electron chi connectivity index (χ3n) is 5.26. The Labute approximate surface area is 202 Å². The number of hydrogen-bond acceptors (Lipinski definition) is 5. The van der Waals surface area contributed by atoms with Gasteiger partial charge in [-0.05, 0) is 35.4 Å². The van der Waals surface area contributed by atoms with Crippen molar-refractivity contribution in [3.63, 3.8) is 0 Å². The number of halogens is 4. The number of nitrogens with zero attached hydrogens (tertiary/aromatic N) is 4. The average molecular weight is 499 g/mol. The number of imidazole rings is 1. The molecule has 0 aliphatic carbocycles. The second-order valence-electron chi connectivity index (χ2n) is 7.46. The van der Waals surface area contributed by atoms with Crippen LogP contribution in [0.4, 0.5) is 13.2 Å². The van der Waals surface area contributed by atoms with Gasteiger partial charge in [-0.25, -0.2) is 9.97 Å². The number of primary amides is 1. The van der Waals surface area contributed by atoms with Gasteiger partial charge in [0.25, 0.3) is 0 Å². The van der Waals surface area contributed by atoms with E-state index < -0.39 is 17.8 Å². The molecule has 0 atom stereocenters. The summed E-state index contributed by atoms with van der Waals surface area (Å²) in [6, 6.07) is 10.2. The van der Waals surface area contributed by atoms with Gasteiger partial charge < -0.3 is 16.0 Å². The van der Waals surface area contributed by atoms with Gasteiger partial charge in [0.1, 0.15) is 5.69 Å². The van der Waals surface area contributed by atoms with E-state index in [0.717, 1.165) is 6.07 Å². The molecule has 0 aliphatic rings. The van der Waals surface area contributed by atoms with Crippen molar-refractivity contribution in [2.24, 2.45) is 16.5 Å². The van der Waals surface area contributed by atoms with Crippen LogP contribution >= 0.6 is 11.6 Å². The van der Waals surface area contributed by atoms with Crippen molar-refractivity contribution in [2.45, 2.75) is 6.18 Å². The predicted molar refractivity (Wildman–Crippen MR) is 129 cm³/mol. The van der Waals surface area contributed by atoms with E-state index in [1.54, 1.807) is 36.0 Å². The van der Waals surface area contributed by atoms with Gasteiger partial charge in [0, 0.05) is 36.6 Å². The van der Waals surface area contributed by atoms with Crippen molar-refractivity contribution in [1.82, 2.24) is 14.5 Å². The number of para-hydroxylation sites is 1. The van der Waals surface area contributed by atoms with E-state index in [1.165, 1.54) is 36.9 Å². The molecule has 11 heteroatoms. The lowest BCUT2D eigenvalue weighted by molar-refractivity contribution is -0.140. The zero-order chi connectivity index (χ0) is 25.3. The Bertz CT molecular complexity index is 1510. The molecule has 1 amide bonds. The highest BCUT2D eigenvalue weighted by Gasteiger charge is 2.34. The van der Waals surface area contributed by atoms with Gasteiger partial charge in [0.05, 0.1) is 33.8 Å². The number of carbonyl (C=O) groups excluding carboxylic acids is 1. The quantitative estimate of drug-likeness (QED) is 0.383. The summed E-state index contributed by atoms with van der Waals surface area (Å²) in [5, 5.41) is 0.473. The Balaban J connectivity index is 1.98. The highest BCUT2D eigenvalue weighted by atomic mass is 35.5. The number of allylic oxidation sites excluding steroid dienone is 1. The molecule has 178 valence electrons. The Kier molecular flexibility index (Phi) is 6.31. The summed E-state index contributed by atoms with van der Waals surface area (Å²) in [6.45, 7) is 0. The standard InChI is InChI=1S/C24H18ClF3N6O/c1-31-10-14(9-29)19-11-34(12-32-19)20-4-2-3-15-17(8-21(24(26,27)28)33-22(15)20)13-5-6-16(23(30)35)18(25)7-13/h2-12H,29H2,1H3,(H2,30,35). The number of aliphatic imine (C=N–C) groups is 1. The smallest absolute Gasteiger partial charge is 0.404 e. The molecule has 0 fully saturated rings. The molecule has 0 aliphatic heterocycles. The van der Waals surface area contributed by atoms with Gasteiger partial charge in [0.15, 0.2) is 0 Å². The van der Waals surface area contributed by atoms with Crippen molar-refractivity contribution in [1.29, 1.82) is 0 Å². The van der Waals surface area contributed by atoms with Crippen LogP contribution in [0.2, 0.25) is 5.02 Å². The predicted octanol–water partition coefficient (Wildman–Crippen LogP) is 4.86. The van der Waals surface area contributed by atoms with Crippen LogP contribution in [0.5, 0.6) is 0 Å². The molecule has 4 rings (SSSR count). The fourth-order valence-electron chi connectivity index (χ4n) is 3.65. The normalized spacial score (nSPS) is 12.5. The summed E-state index contributed by atoms with van der Waals surface area (Å²) in [5.74, 6) is -0.741. The van der Waals surface area contributed by atoms with Crippen molar-refractivity contribution in [3.05, 3.63) is 83.2 Å². The fourth-order valence-corrected chi connectivity index (χ4v) is 3.92. The minimum atomic E-state index is -4.71. The van der Waals surface area contributed by atoms with Gasteiger partial charge in [0.2, 0.25) is 5.91 Å². The van der Waals surface area contributed by atoms with E-state index in [0.29, 0.717) is 27.9 Å². The number of benzene rings is 2. The first-order chi connectivity index (χ1) is 16.6. The zero-order valence-corrected chi connectivity index (χ0v) is 19.0. The Morgan fingerprint density at radius 2 is 1.97 bits per heavy atom. The molecule has 2 aromatic carbocycles. The number of carbonyl (C=O) groups is 1. The summed E-state index contributed by atoms with van der Waals surface area (Å²) in [4.78, 5) is 23.7. The number of nitrogens with two attached hydrogens (primary N) is 2. The van der Waals surface area contributed by atoms with Crippen LogP contribution < -0.4 is 11.5 Å². The van der Waals surface area contributed by atoms with Crippen LogP contribution in [0.3, 0.4) is 0 Å². The van der Waals surface area contributed by atoms with Gasteiger partial charge >= 0.3 is 6.18 Å². The molecule has 35 heavy (non-hydrogen) atoms. The third-order valence-corrected chi connectivity index (χ3v) is 5.57. The van der Waals surface area contributed by atoms with Gasteiger partial charge in [-0.1, -0.05) is 29.8 Å². The minimum Gasteiger partial charge on any atom is -0.404 e. The van der Waals surface area contributed by atoms with Crippen molar-refractivity contribution >= 4 is 40.2 Å². The molecule has 2 heterocycles. The molecule has 4 N–H and O–H groups in total. The molecule has 0 saturated heterocycles. The Morgan fingerprint density at radius 3 is 2.60 bits per heavy atom. The first-order valence-electron chi connectivity index (χ1n) is 10.1. The number of rotatable bonds is 5. The number of hydrogen-bond donors (Lipinski definition) is 2. The van der Waals surface area contributed by atoms with E-state index in [9.17, 15) is 18.0 Å². The summed E-state index contributed by atoms with van der Waals surface area (Å²) in [5.41, 5.74) is 12.0. The van der Waals surface area contributed by atoms with Crippen LogP contribution in [0.15, 0.2) is 66.2 Å². The number of aromatic nitrogens is 3. The molecule has 0 unspecified atom stereocenters. The Morgan fingerprint density at radius 1 is 1.20 bits per heavy atom. The molecule has 7 nitrogen and oxygen atoms in total. The van der Waals surface area contributed by atoms with Crippen LogP contribution in [-0.2, 0) is 6.18 Å². The first-order valence-corrected chi connectivity index (χ1v) is 10.5. The number of pyridine rings is 1. The van der Waals surface area contributed by atoms with Crippen molar-refractivity contribution in [2.75, 3.05) is 7.05 Å². The largest absolute Gasteiger partial charge is 0.433 e. The van der Waals surface area contributed by atoms with Gasteiger partial charge in [-0.2, -0.15) is 13.2 Å². The second-order valence-corrected chi connectivity index (χ2v) is 7.87. The summed E-state index contributed by atoms with van der Waals surface area (Å²) < 4.78 is 43.1. The molecule has 0 saturated carbocycles. The SMILES string of the molecule is CN=CC(=CN)c1cn(-c2cccc3c(-c4ccc(C(N)=O)c(Cl)c4)cc(C(F)(F)F)nc23)cn1. The second kappa shape index (κ2) is 9.22. The monoisotopic (exact) mass is 498 g/mol. The van der Waals surface area contributed by atoms with Gasteiger partial charge in [-0.15, -0.1) is 0 Å². The maximum absolute atomic E-state index is 13.8. The maximum Gasteiger partial charge on any atom is 0.433 e. The number of alkyl halides is 3. The summed E-state index contributed by atoms with van der Waals surface area (Å²) in [7, 11) is 1.58. The average Bonchev–Trinajstić information content (AvgIpc) is 3.30. The molecule has 0 bridgehead atoms. The van der Waals surface area contributed by atoms with Crippen LogP contribution in [0.1, 0.15) is 21.7 Å². The molecular weight excluding hydrogens is 481 g/mol. The molecule has 0 spiro atoms. The Hall–Kier alpha value is -4.18. The zero-order valence-electron chi connectivity index (χ0n) is 18.2. The minimum absolute atomic E-state index is 0.0302. The third kappa shape index (κ3) is 4.60. The molecular formula is C24H18ClF3N6O. The lowest BCUT2D eigenvalue weighted by Gasteiger charge is -2.15.